The maximum atomic E-state index is 12.0. The number of H-pyrrole nitrogens is 1. The molecule has 0 saturated heterocycles. The van der Waals surface area contributed by atoms with Gasteiger partial charge < -0.3 is 10.7 Å². The molecule has 94 valence electrons. The van der Waals surface area contributed by atoms with Crippen LogP contribution in [0, 0.1) is 5.41 Å². The lowest BCUT2D eigenvalue weighted by molar-refractivity contribution is 0.313. The van der Waals surface area contributed by atoms with Crippen molar-refractivity contribution >= 4 is 0 Å². The Morgan fingerprint density at radius 2 is 1.94 bits per heavy atom. The van der Waals surface area contributed by atoms with E-state index in [1.807, 2.05) is 0 Å². The van der Waals surface area contributed by atoms with Crippen LogP contribution in [0.4, 0.5) is 0 Å². The van der Waals surface area contributed by atoms with Gasteiger partial charge in [-0.15, -0.1) is 0 Å². The predicted molar refractivity (Wildman–Crippen MR) is 67.9 cm³/mol. The molecule has 0 radical (unpaired) electrons. The molecule has 0 spiro atoms. The maximum absolute atomic E-state index is 12.0. The van der Waals surface area contributed by atoms with Crippen molar-refractivity contribution in [3.05, 3.63) is 27.4 Å². The number of aromatic nitrogens is 2. The van der Waals surface area contributed by atoms with Crippen molar-refractivity contribution in [3.8, 4) is 0 Å². The number of hydrogen-bond donors (Lipinski definition) is 2. The van der Waals surface area contributed by atoms with Crippen LogP contribution in [-0.4, -0.2) is 9.97 Å². The molecule has 4 heteroatoms. The van der Waals surface area contributed by atoms with Crippen molar-refractivity contribution in [3.63, 3.8) is 0 Å². The summed E-state index contributed by atoms with van der Waals surface area (Å²) in [6.07, 6.45) is 3.96. The molecule has 17 heavy (non-hydrogen) atoms. The normalized spacial score (nSPS) is 17.6. The molecule has 0 aliphatic heterocycles. The minimum absolute atomic E-state index is 0.00407. The first-order chi connectivity index (χ1) is 7.89. The lowest BCUT2D eigenvalue weighted by Crippen LogP contribution is -2.32. The topological polar surface area (TPSA) is 71.8 Å². The van der Waals surface area contributed by atoms with Crippen molar-refractivity contribution in [2.75, 3.05) is 0 Å². The van der Waals surface area contributed by atoms with Crippen LogP contribution in [-0.2, 0) is 12.8 Å². The molecule has 1 aliphatic rings. The van der Waals surface area contributed by atoms with Crippen LogP contribution in [0.3, 0.4) is 0 Å². The molecule has 2 rings (SSSR count). The van der Waals surface area contributed by atoms with Crippen molar-refractivity contribution < 1.29 is 0 Å². The number of nitrogens with two attached hydrogens (primary N) is 1. The summed E-state index contributed by atoms with van der Waals surface area (Å²) in [5.74, 6) is 0.628. The average Bonchev–Trinajstić information content (AvgIpc) is 2.27. The molecule has 1 heterocycles. The number of nitrogens with zero attached hydrogens (tertiary/aromatic N) is 1. The largest absolute Gasteiger partial charge is 0.321 e. The second kappa shape index (κ2) is 4.26. The monoisotopic (exact) mass is 235 g/mol. The van der Waals surface area contributed by atoms with E-state index >= 15 is 0 Å². The van der Waals surface area contributed by atoms with Crippen LogP contribution in [0.5, 0.6) is 0 Å². The zero-order valence-corrected chi connectivity index (χ0v) is 10.8. The highest BCUT2D eigenvalue weighted by molar-refractivity contribution is 5.21. The molecule has 3 N–H and O–H groups in total. The van der Waals surface area contributed by atoms with Crippen molar-refractivity contribution in [1.82, 2.24) is 9.97 Å². The summed E-state index contributed by atoms with van der Waals surface area (Å²) in [7, 11) is 0. The summed E-state index contributed by atoms with van der Waals surface area (Å²) in [6.45, 7) is 6.16. The van der Waals surface area contributed by atoms with E-state index in [9.17, 15) is 4.79 Å². The van der Waals surface area contributed by atoms with Gasteiger partial charge in [0.05, 0.1) is 11.7 Å². The third kappa shape index (κ3) is 2.41. The number of rotatable bonds is 1. The van der Waals surface area contributed by atoms with Gasteiger partial charge in [0, 0.05) is 5.56 Å². The Morgan fingerprint density at radius 1 is 1.29 bits per heavy atom. The Hall–Kier alpha value is -1.16. The number of nitrogens with one attached hydrogen (secondary N) is 1. The molecule has 0 saturated carbocycles. The molecule has 1 aliphatic carbocycles. The van der Waals surface area contributed by atoms with Crippen LogP contribution < -0.4 is 11.3 Å². The van der Waals surface area contributed by atoms with Gasteiger partial charge in [0.15, 0.2) is 0 Å². The van der Waals surface area contributed by atoms with Crippen molar-refractivity contribution in [2.45, 2.75) is 52.5 Å². The van der Waals surface area contributed by atoms with Crippen LogP contribution >= 0.6 is 0 Å². The van der Waals surface area contributed by atoms with Gasteiger partial charge in [-0.2, -0.15) is 0 Å². The molecular weight excluding hydrogens is 214 g/mol. The fraction of sp³-hybridized carbons (Fsp3) is 0.692. The van der Waals surface area contributed by atoms with E-state index in [0.717, 1.165) is 36.9 Å². The van der Waals surface area contributed by atoms with Gasteiger partial charge in [-0.05, 0) is 31.1 Å². The van der Waals surface area contributed by atoms with E-state index in [1.54, 1.807) is 0 Å². The first kappa shape index (κ1) is 12.3. The van der Waals surface area contributed by atoms with E-state index < -0.39 is 0 Å². The SMILES string of the molecule is CC(C)(C)C(N)c1nc2c(c(=O)[nH]1)CCCC2. The van der Waals surface area contributed by atoms with Crippen LogP contribution in [0.15, 0.2) is 4.79 Å². The minimum atomic E-state index is -0.234. The Labute approximate surface area is 102 Å². The van der Waals surface area contributed by atoms with E-state index in [1.165, 1.54) is 0 Å². The minimum Gasteiger partial charge on any atom is -0.321 e. The number of hydrogen-bond acceptors (Lipinski definition) is 3. The van der Waals surface area contributed by atoms with E-state index in [2.05, 4.69) is 30.7 Å². The highest BCUT2D eigenvalue weighted by Gasteiger charge is 2.26. The zero-order valence-electron chi connectivity index (χ0n) is 10.8. The fourth-order valence-electron chi connectivity index (χ4n) is 2.18. The summed E-state index contributed by atoms with van der Waals surface area (Å²) < 4.78 is 0. The van der Waals surface area contributed by atoms with Gasteiger partial charge in [-0.3, -0.25) is 4.79 Å². The lowest BCUT2D eigenvalue weighted by atomic mass is 9.86. The van der Waals surface area contributed by atoms with Gasteiger partial charge in [0.2, 0.25) is 0 Å². The van der Waals surface area contributed by atoms with E-state index in [0.29, 0.717) is 5.82 Å². The van der Waals surface area contributed by atoms with E-state index in [4.69, 9.17) is 5.73 Å². The summed E-state index contributed by atoms with van der Waals surface area (Å²) in [6, 6.07) is -0.234. The molecule has 1 unspecified atom stereocenters. The summed E-state index contributed by atoms with van der Waals surface area (Å²) >= 11 is 0. The predicted octanol–water partition coefficient (Wildman–Crippen LogP) is 1.69. The van der Waals surface area contributed by atoms with Crippen molar-refractivity contribution in [2.24, 2.45) is 11.1 Å². The van der Waals surface area contributed by atoms with Gasteiger partial charge in [-0.1, -0.05) is 20.8 Å². The summed E-state index contributed by atoms with van der Waals surface area (Å²) in [4.78, 5) is 19.4. The standard InChI is InChI=1S/C13H21N3O/c1-13(2,3)10(14)11-15-9-7-5-4-6-8(9)12(17)16-11/h10H,4-7,14H2,1-3H3,(H,15,16,17). The zero-order chi connectivity index (χ0) is 12.6. The van der Waals surface area contributed by atoms with E-state index in [-0.39, 0.29) is 17.0 Å². The molecule has 1 atom stereocenters. The second-order valence-electron chi connectivity index (χ2n) is 5.93. The maximum Gasteiger partial charge on any atom is 0.254 e. The smallest absolute Gasteiger partial charge is 0.254 e. The Kier molecular flexibility index (Phi) is 3.08. The highest BCUT2D eigenvalue weighted by Crippen LogP contribution is 2.28. The Balaban J connectivity index is 2.44. The third-order valence-corrected chi connectivity index (χ3v) is 3.44. The summed E-state index contributed by atoms with van der Waals surface area (Å²) in [5.41, 5.74) is 7.86. The highest BCUT2D eigenvalue weighted by atomic mass is 16.1. The molecular formula is C13H21N3O. The quantitative estimate of drug-likeness (QED) is 0.778. The van der Waals surface area contributed by atoms with Crippen LogP contribution in [0.1, 0.15) is 56.7 Å². The second-order valence-corrected chi connectivity index (χ2v) is 5.93. The fourth-order valence-corrected chi connectivity index (χ4v) is 2.18. The molecule has 0 amide bonds. The Bertz CT molecular complexity index is 471. The van der Waals surface area contributed by atoms with Gasteiger partial charge >= 0.3 is 0 Å². The molecule has 4 nitrogen and oxygen atoms in total. The molecule has 0 fully saturated rings. The number of fused-ring (bicyclic) bond motifs is 1. The third-order valence-electron chi connectivity index (χ3n) is 3.44. The number of aromatic amines is 1. The van der Waals surface area contributed by atoms with Crippen LogP contribution in [0.25, 0.3) is 0 Å². The summed E-state index contributed by atoms with van der Waals surface area (Å²) in [5, 5.41) is 0. The van der Waals surface area contributed by atoms with Gasteiger partial charge in [-0.25, -0.2) is 4.98 Å². The van der Waals surface area contributed by atoms with Gasteiger partial charge in [0.25, 0.3) is 5.56 Å². The molecule has 1 aromatic heterocycles. The number of aryl methyl sites for hydroxylation is 1. The molecule has 1 aromatic rings. The van der Waals surface area contributed by atoms with Gasteiger partial charge in [0.1, 0.15) is 5.82 Å². The van der Waals surface area contributed by atoms with Crippen LogP contribution in [0.2, 0.25) is 0 Å². The average molecular weight is 235 g/mol. The first-order valence-electron chi connectivity index (χ1n) is 6.27. The first-order valence-corrected chi connectivity index (χ1v) is 6.27. The lowest BCUT2D eigenvalue weighted by Gasteiger charge is -2.27. The molecule has 0 aromatic carbocycles. The molecule has 0 bridgehead atoms. The van der Waals surface area contributed by atoms with Crippen molar-refractivity contribution in [1.29, 1.82) is 0 Å². The Morgan fingerprint density at radius 3 is 2.59 bits per heavy atom.